The molecule has 0 bridgehead atoms. The maximum atomic E-state index is 9.74. The molecule has 0 radical (unpaired) electrons. The van der Waals surface area contributed by atoms with Crippen LogP contribution in [0.2, 0.25) is 0 Å². The first kappa shape index (κ1) is 36.7. The van der Waals surface area contributed by atoms with E-state index in [0.717, 1.165) is 56.4 Å². The van der Waals surface area contributed by atoms with E-state index in [1.165, 1.54) is 0 Å². The first-order valence-corrected chi connectivity index (χ1v) is 17.9. The zero-order valence-electron chi connectivity index (χ0n) is 30.9. The largest absolute Gasteiger partial charge is 0.310 e. The molecule has 0 N–H and O–H groups in total. The summed E-state index contributed by atoms with van der Waals surface area (Å²) in [4.78, 5) is 4.29. The Hall–Kier alpha value is -8.66. The molecule has 0 saturated heterocycles. The summed E-state index contributed by atoms with van der Waals surface area (Å²) in [5.41, 5.74) is 10.2. The molecular weight excluding hydrogens is 701 g/mol. The van der Waals surface area contributed by atoms with Crippen molar-refractivity contribution in [1.29, 1.82) is 31.6 Å². The summed E-state index contributed by atoms with van der Waals surface area (Å²) >= 11 is 0. The standard InChI is InChI=1S/C49H30N8/c1-49(2)47-25-41(56(37-9-5-3-6-10-37)39-17-13-33(14-18-39)45(31-54)35(27-50)28-51)21-23-43(47)44-24-22-42(26-48(44)49)57(38-11-7-4-8-12-38)40-19-15-34(16-20-40)46(32-55)36(29-52)30-53/h3-26H,1-2H3. The lowest BCUT2D eigenvalue weighted by molar-refractivity contribution is 0.660. The highest BCUT2D eigenvalue weighted by molar-refractivity contribution is 5.90. The Morgan fingerprint density at radius 3 is 1.02 bits per heavy atom. The van der Waals surface area contributed by atoms with Gasteiger partial charge in [0.1, 0.15) is 47.6 Å². The van der Waals surface area contributed by atoms with E-state index in [1.807, 2.05) is 121 Å². The van der Waals surface area contributed by atoms with Crippen LogP contribution in [0.4, 0.5) is 34.1 Å². The molecule has 6 aromatic rings. The molecule has 0 aliphatic heterocycles. The number of benzene rings is 6. The molecule has 8 heteroatoms. The predicted octanol–water partition coefficient (Wildman–Crippen LogP) is 11.6. The number of hydrogen-bond donors (Lipinski definition) is 0. The van der Waals surface area contributed by atoms with Crippen LogP contribution in [-0.4, -0.2) is 0 Å². The van der Waals surface area contributed by atoms with Crippen molar-refractivity contribution in [3.63, 3.8) is 0 Å². The molecule has 0 heterocycles. The molecule has 0 spiro atoms. The molecule has 6 aromatic carbocycles. The summed E-state index contributed by atoms with van der Waals surface area (Å²) in [6.07, 6.45) is 0. The Labute approximate surface area is 331 Å². The van der Waals surface area contributed by atoms with Gasteiger partial charge in [0.05, 0.1) is 11.1 Å². The lowest BCUT2D eigenvalue weighted by Gasteiger charge is -2.29. The van der Waals surface area contributed by atoms with E-state index in [-0.39, 0.29) is 22.3 Å². The molecule has 1 aliphatic rings. The molecule has 0 unspecified atom stereocenters. The highest BCUT2D eigenvalue weighted by atomic mass is 15.1. The normalized spacial score (nSPS) is 11.4. The van der Waals surface area contributed by atoms with E-state index in [4.69, 9.17) is 0 Å². The average molecular weight is 731 g/mol. The van der Waals surface area contributed by atoms with Crippen LogP contribution in [0.1, 0.15) is 36.1 Å². The van der Waals surface area contributed by atoms with Gasteiger partial charge in [0.2, 0.25) is 0 Å². The molecule has 0 aromatic heterocycles. The van der Waals surface area contributed by atoms with Crippen molar-refractivity contribution in [3.05, 3.63) is 179 Å². The first-order valence-electron chi connectivity index (χ1n) is 17.9. The lowest BCUT2D eigenvalue weighted by Crippen LogP contribution is -2.17. The zero-order valence-corrected chi connectivity index (χ0v) is 30.9. The molecule has 0 fully saturated rings. The van der Waals surface area contributed by atoms with E-state index in [1.54, 1.807) is 24.3 Å². The Kier molecular flexibility index (Phi) is 9.89. The second-order valence-electron chi connectivity index (χ2n) is 13.7. The van der Waals surface area contributed by atoms with Crippen LogP contribution in [-0.2, 0) is 5.41 Å². The first-order chi connectivity index (χ1) is 27.8. The van der Waals surface area contributed by atoms with Crippen molar-refractivity contribution in [2.45, 2.75) is 19.3 Å². The smallest absolute Gasteiger partial charge is 0.148 e. The third-order valence-electron chi connectivity index (χ3n) is 10.2. The highest BCUT2D eigenvalue weighted by Crippen LogP contribution is 2.52. The highest BCUT2D eigenvalue weighted by Gasteiger charge is 2.37. The molecule has 8 nitrogen and oxygen atoms in total. The predicted molar refractivity (Wildman–Crippen MR) is 221 cm³/mol. The van der Waals surface area contributed by atoms with Gasteiger partial charge in [-0.2, -0.15) is 31.6 Å². The van der Waals surface area contributed by atoms with Crippen molar-refractivity contribution < 1.29 is 0 Å². The summed E-state index contributed by atoms with van der Waals surface area (Å²) in [6, 6.07) is 58.9. The van der Waals surface area contributed by atoms with Crippen molar-refractivity contribution in [3.8, 4) is 47.5 Å². The van der Waals surface area contributed by atoms with Gasteiger partial charge in [-0.15, -0.1) is 0 Å². The molecule has 0 amide bonds. The molecule has 0 saturated carbocycles. The number of hydrogen-bond acceptors (Lipinski definition) is 8. The maximum absolute atomic E-state index is 9.74. The fourth-order valence-corrected chi connectivity index (χ4v) is 7.40. The van der Waals surface area contributed by atoms with Crippen LogP contribution in [0.3, 0.4) is 0 Å². The number of nitriles is 6. The van der Waals surface area contributed by atoms with E-state index in [9.17, 15) is 31.6 Å². The van der Waals surface area contributed by atoms with E-state index in [0.29, 0.717) is 11.1 Å². The minimum absolute atomic E-state index is 0.0344. The molecule has 1 aliphatic carbocycles. The van der Waals surface area contributed by atoms with Gasteiger partial charge in [-0.05, 0) is 106 Å². The number of para-hydroxylation sites is 2. The van der Waals surface area contributed by atoms with Crippen LogP contribution in [0.25, 0.3) is 22.3 Å². The van der Waals surface area contributed by atoms with Gasteiger partial charge in [-0.3, -0.25) is 0 Å². The summed E-state index contributed by atoms with van der Waals surface area (Å²) in [6.45, 7) is 4.45. The Morgan fingerprint density at radius 1 is 0.386 bits per heavy atom. The summed E-state index contributed by atoms with van der Waals surface area (Å²) < 4.78 is 0. The Balaban J connectivity index is 1.30. The van der Waals surface area contributed by atoms with Crippen molar-refractivity contribution in [1.82, 2.24) is 0 Å². The van der Waals surface area contributed by atoms with Crippen molar-refractivity contribution in [2.24, 2.45) is 0 Å². The summed E-state index contributed by atoms with van der Waals surface area (Å²) in [5.74, 6) is 0. The van der Waals surface area contributed by atoms with E-state index in [2.05, 4.69) is 60.0 Å². The van der Waals surface area contributed by atoms with Gasteiger partial charge in [0, 0.05) is 39.5 Å². The van der Waals surface area contributed by atoms with E-state index >= 15 is 0 Å². The summed E-state index contributed by atoms with van der Waals surface area (Å²) in [5, 5.41) is 57.1. The van der Waals surface area contributed by atoms with Crippen LogP contribution in [0.5, 0.6) is 0 Å². The molecule has 0 atom stereocenters. The van der Waals surface area contributed by atoms with E-state index < -0.39 is 5.41 Å². The Morgan fingerprint density at radius 2 is 0.702 bits per heavy atom. The topological polar surface area (TPSA) is 149 Å². The third kappa shape index (κ3) is 6.61. The van der Waals surface area contributed by atoms with Gasteiger partial charge in [0.15, 0.2) is 0 Å². The minimum atomic E-state index is -0.399. The number of allylic oxidation sites excluding steroid dienone is 4. The van der Waals surface area contributed by atoms with Gasteiger partial charge in [-0.1, -0.05) is 86.6 Å². The van der Waals surface area contributed by atoms with Gasteiger partial charge in [-0.25, -0.2) is 0 Å². The fourth-order valence-electron chi connectivity index (χ4n) is 7.40. The molecule has 57 heavy (non-hydrogen) atoms. The van der Waals surface area contributed by atoms with Crippen LogP contribution >= 0.6 is 0 Å². The number of rotatable bonds is 8. The van der Waals surface area contributed by atoms with Crippen molar-refractivity contribution in [2.75, 3.05) is 9.80 Å². The SMILES string of the molecule is CC1(C)c2cc(N(c3ccccc3)c3ccc(C(C#N)=C(C#N)C#N)cc3)ccc2-c2ccc(N(c3ccccc3)c3ccc(C(C#N)=C(C#N)C#N)cc3)cc21. The number of fused-ring (bicyclic) bond motifs is 3. The molecular formula is C49H30N8. The molecule has 7 rings (SSSR count). The monoisotopic (exact) mass is 730 g/mol. The van der Waals surface area contributed by atoms with Crippen LogP contribution < -0.4 is 9.80 Å². The van der Waals surface area contributed by atoms with Crippen LogP contribution in [0, 0.1) is 68.0 Å². The second kappa shape index (κ2) is 15.4. The minimum Gasteiger partial charge on any atom is -0.310 e. The average Bonchev–Trinajstić information content (AvgIpc) is 3.48. The fraction of sp³-hybridized carbons (Fsp3) is 0.0612. The van der Waals surface area contributed by atoms with Gasteiger partial charge in [0.25, 0.3) is 0 Å². The lowest BCUT2D eigenvalue weighted by atomic mass is 9.82. The van der Waals surface area contributed by atoms with Gasteiger partial charge >= 0.3 is 0 Å². The maximum Gasteiger partial charge on any atom is 0.148 e. The third-order valence-corrected chi connectivity index (χ3v) is 10.2. The van der Waals surface area contributed by atoms with Crippen molar-refractivity contribution >= 4 is 45.3 Å². The number of anilines is 6. The summed E-state index contributed by atoms with van der Waals surface area (Å²) in [7, 11) is 0. The quantitative estimate of drug-likeness (QED) is 0.140. The van der Waals surface area contributed by atoms with Gasteiger partial charge < -0.3 is 9.80 Å². The zero-order chi connectivity index (χ0) is 40.1. The second-order valence-corrected chi connectivity index (χ2v) is 13.7. The molecule has 266 valence electrons. The number of nitrogens with zero attached hydrogens (tertiary/aromatic N) is 8. The van der Waals surface area contributed by atoms with Crippen LogP contribution in [0.15, 0.2) is 157 Å². The Bertz CT molecular complexity index is 2630.